The van der Waals surface area contributed by atoms with Gasteiger partial charge in [0.15, 0.2) is 0 Å². The minimum absolute atomic E-state index is 0.0270. The van der Waals surface area contributed by atoms with E-state index in [4.69, 9.17) is 16.3 Å². The van der Waals surface area contributed by atoms with E-state index in [1.54, 1.807) is 24.3 Å². The van der Waals surface area contributed by atoms with Crippen molar-refractivity contribution in [1.82, 2.24) is 4.90 Å². The molecule has 6 heteroatoms. The van der Waals surface area contributed by atoms with Crippen molar-refractivity contribution in [3.05, 3.63) is 64.7 Å². The van der Waals surface area contributed by atoms with E-state index in [2.05, 4.69) is 10.2 Å². The molecule has 1 atom stereocenters. The Morgan fingerprint density at radius 1 is 1.22 bits per heavy atom. The molecule has 0 bridgehead atoms. The summed E-state index contributed by atoms with van der Waals surface area (Å²) >= 11 is 6.26. The van der Waals surface area contributed by atoms with Gasteiger partial charge in [-0.1, -0.05) is 35.9 Å². The van der Waals surface area contributed by atoms with E-state index in [9.17, 15) is 9.59 Å². The summed E-state index contributed by atoms with van der Waals surface area (Å²) in [7, 11) is 1.34. The number of hydrogen-bond acceptors (Lipinski definition) is 4. The quantitative estimate of drug-likeness (QED) is 0.790. The Morgan fingerprint density at radius 2 is 2.04 bits per heavy atom. The second-order valence-electron chi connectivity index (χ2n) is 6.73. The number of nitrogens with zero attached hydrogens (tertiary/aromatic N) is 1. The van der Waals surface area contributed by atoms with Crippen molar-refractivity contribution in [2.75, 3.05) is 25.5 Å². The highest BCUT2D eigenvalue weighted by Gasteiger charge is 2.26. The Balaban J connectivity index is 1.62. The Hall–Kier alpha value is -2.37. The summed E-state index contributed by atoms with van der Waals surface area (Å²) in [5.74, 6) is -0.543. The van der Waals surface area contributed by atoms with Crippen molar-refractivity contribution < 1.29 is 14.3 Å². The summed E-state index contributed by atoms with van der Waals surface area (Å²) in [4.78, 5) is 26.6. The third kappa shape index (κ3) is 5.08. The standard InChI is InChI=1S/C21H23ClN2O3/c1-27-21(26)15-7-4-9-18(12-15)23-20(25)17-8-5-11-24(14-17)13-16-6-2-3-10-19(16)22/h2-4,6-7,9-10,12,17H,5,8,11,13-14H2,1H3,(H,23,25)/t17-/m1/s1. The number of amides is 1. The molecule has 0 spiro atoms. The van der Waals surface area contributed by atoms with Crippen molar-refractivity contribution in [1.29, 1.82) is 0 Å². The molecule has 0 saturated carbocycles. The van der Waals surface area contributed by atoms with E-state index in [1.165, 1.54) is 7.11 Å². The zero-order valence-electron chi connectivity index (χ0n) is 15.3. The molecular formula is C21H23ClN2O3. The third-order valence-corrected chi connectivity index (χ3v) is 5.15. The Bertz CT molecular complexity index is 825. The van der Waals surface area contributed by atoms with Gasteiger partial charge in [-0.15, -0.1) is 0 Å². The maximum Gasteiger partial charge on any atom is 0.337 e. The van der Waals surface area contributed by atoms with E-state index in [0.717, 1.165) is 36.5 Å². The average molecular weight is 387 g/mol. The van der Waals surface area contributed by atoms with E-state index in [1.807, 2.05) is 24.3 Å². The number of hydrogen-bond donors (Lipinski definition) is 1. The van der Waals surface area contributed by atoms with Crippen LogP contribution >= 0.6 is 11.6 Å². The highest BCUT2D eigenvalue weighted by Crippen LogP contribution is 2.23. The van der Waals surface area contributed by atoms with Crippen LogP contribution in [0.1, 0.15) is 28.8 Å². The molecule has 0 unspecified atom stereocenters. The average Bonchev–Trinajstić information content (AvgIpc) is 2.69. The van der Waals surface area contributed by atoms with Gasteiger partial charge in [-0.3, -0.25) is 9.69 Å². The van der Waals surface area contributed by atoms with Crippen LogP contribution in [0.25, 0.3) is 0 Å². The zero-order valence-corrected chi connectivity index (χ0v) is 16.0. The number of carbonyl (C=O) groups excluding carboxylic acids is 2. The van der Waals surface area contributed by atoms with Crippen LogP contribution < -0.4 is 5.32 Å². The minimum Gasteiger partial charge on any atom is -0.465 e. The van der Waals surface area contributed by atoms with Crippen LogP contribution in [0.2, 0.25) is 5.02 Å². The van der Waals surface area contributed by atoms with Crippen LogP contribution in [0.4, 0.5) is 5.69 Å². The fraction of sp³-hybridized carbons (Fsp3) is 0.333. The molecule has 1 fully saturated rings. The van der Waals surface area contributed by atoms with Gasteiger partial charge in [0.05, 0.1) is 18.6 Å². The van der Waals surface area contributed by atoms with Crippen LogP contribution in [-0.4, -0.2) is 37.0 Å². The van der Waals surface area contributed by atoms with Crippen molar-refractivity contribution in [2.45, 2.75) is 19.4 Å². The summed E-state index contributed by atoms with van der Waals surface area (Å²) in [6.45, 7) is 2.38. The lowest BCUT2D eigenvalue weighted by Gasteiger charge is -2.32. The topological polar surface area (TPSA) is 58.6 Å². The fourth-order valence-corrected chi connectivity index (χ4v) is 3.56. The molecule has 1 amide bonds. The lowest BCUT2D eigenvalue weighted by Crippen LogP contribution is -2.40. The van der Waals surface area contributed by atoms with Crippen LogP contribution in [0.5, 0.6) is 0 Å². The van der Waals surface area contributed by atoms with Crippen LogP contribution in [0.3, 0.4) is 0 Å². The first kappa shape index (κ1) is 19.4. The maximum absolute atomic E-state index is 12.7. The molecule has 0 aliphatic carbocycles. The summed E-state index contributed by atoms with van der Waals surface area (Å²) < 4.78 is 4.72. The van der Waals surface area contributed by atoms with Crippen LogP contribution in [0, 0.1) is 5.92 Å². The summed E-state index contributed by atoms with van der Waals surface area (Å²) in [5, 5.41) is 3.68. The number of carbonyl (C=O) groups is 2. The molecule has 27 heavy (non-hydrogen) atoms. The number of likely N-dealkylation sites (tertiary alicyclic amines) is 1. The second kappa shape index (κ2) is 9.02. The number of anilines is 1. The first-order valence-electron chi connectivity index (χ1n) is 9.02. The highest BCUT2D eigenvalue weighted by atomic mass is 35.5. The molecule has 3 rings (SSSR count). The van der Waals surface area contributed by atoms with Crippen molar-refractivity contribution in [3.63, 3.8) is 0 Å². The van der Waals surface area contributed by atoms with E-state index in [-0.39, 0.29) is 11.8 Å². The van der Waals surface area contributed by atoms with Gasteiger partial charge >= 0.3 is 5.97 Å². The number of benzene rings is 2. The van der Waals surface area contributed by atoms with Crippen LogP contribution in [0.15, 0.2) is 48.5 Å². The molecule has 0 aromatic heterocycles. The molecule has 5 nitrogen and oxygen atoms in total. The molecule has 1 aliphatic rings. The lowest BCUT2D eigenvalue weighted by molar-refractivity contribution is -0.121. The number of halogens is 1. The zero-order chi connectivity index (χ0) is 19.2. The van der Waals surface area contributed by atoms with E-state index >= 15 is 0 Å². The Kier molecular flexibility index (Phi) is 6.48. The van der Waals surface area contributed by atoms with Crippen molar-refractivity contribution in [2.24, 2.45) is 5.92 Å². The van der Waals surface area contributed by atoms with Crippen LogP contribution in [-0.2, 0) is 16.1 Å². The van der Waals surface area contributed by atoms with Gasteiger partial charge in [0.2, 0.25) is 5.91 Å². The molecule has 0 radical (unpaired) electrons. The number of piperidine rings is 1. The van der Waals surface area contributed by atoms with Gasteiger partial charge in [0, 0.05) is 23.8 Å². The van der Waals surface area contributed by atoms with Gasteiger partial charge in [-0.25, -0.2) is 4.79 Å². The van der Waals surface area contributed by atoms with E-state index < -0.39 is 5.97 Å². The SMILES string of the molecule is COC(=O)c1cccc(NC(=O)[C@@H]2CCCN(Cc3ccccc3Cl)C2)c1. The third-order valence-electron chi connectivity index (χ3n) is 4.78. The number of rotatable bonds is 5. The van der Waals surface area contributed by atoms with E-state index in [0.29, 0.717) is 17.8 Å². The maximum atomic E-state index is 12.7. The number of methoxy groups -OCH3 is 1. The molecule has 142 valence electrons. The lowest BCUT2D eigenvalue weighted by atomic mass is 9.96. The monoisotopic (exact) mass is 386 g/mol. The predicted octanol–water partition coefficient (Wildman–Crippen LogP) is 3.98. The van der Waals surface area contributed by atoms with Gasteiger partial charge in [-0.05, 0) is 49.2 Å². The molecular weight excluding hydrogens is 364 g/mol. The molecule has 1 saturated heterocycles. The van der Waals surface area contributed by atoms with Gasteiger partial charge in [0.25, 0.3) is 0 Å². The first-order valence-corrected chi connectivity index (χ1v) is 9.39. The van der Waals surface area contributed by atoms with Crippen molar-refractivity contribution in [3.8, 4) is 0 Å². The van der Waals surface area contributed by atoms with Gasteiger partial charge < -0.3 is 10.1 Å². The highest BCUT2D eigenvalue weighted by molar-refractivity contribution is 6.31. The Labute approximate surface area is 164 Å². The summed E-state index contributed by atoms with van der Waals surface area (Å²) in [5.41, 5.74) is 2.09. The Morgan fingerprint density at radius 3 is 2.81 bits per heavy atom. The van der Waals surface area contributed by atoms with Gasteiger partial charge in [0.1, 0.15) is 0 Å². The van der Waals surface area contributed by atoms with Gasteiger partial charge in [-0.2, -0.15) is 0 Å². The number of nitrogens with one attached hydrogen (secondary N) is 1. The second-order valence-corrected chi connectivity index (χ2v) is 7.13. The molecule has 1 aliphatic heterocycles. The fourth-order valence-electron chi connectivity index (χ4n) is 3.37. The minimum atomic E-state index is -0.422. The molecule has 1 N–H and O–H groups in total. The molecule has 1 heterocycles. The molecule has 2 aromatic carbocycles. The summed E-state index contributed by atoms with van der Waals surface area (Å²) in [6, 6.07) is 14.6. The smallest absolute Gasteiger partial charge is 0.337 e. The summed E-state index contributed by atoms with van der Waals surface area (Å²) in [6.07, 6.45) is 1.81. The normalized spacial score (nSPS) is 17.3. The largest absolute Gasteiger partial charge is 0.465 e. The van der Waals surface area contributed by atoms with Crippen molar-refractivity contribution >= 4 is 29.2 Å². The molecule has 2 aromatic rings. The first-order chi connectivity index (χ1) is 13.1. The number of ether oxygens (including phenoxy) is 1. The predicted molar refractivity (Wildman–Crippen MR) is 106 cm³/mol. The number of esters is 1.